The van der Waals surface area contributed by atoms with Crippen LogP contribution in [0.3, 0.4) is 0 Å². The van der Waals surface area contributed by atoms with Crippen LogP contribution in [0, 0.1) is 20.8 Å². The van der Waals surface area contributed by atoms with Crippen molar-refractivity contribution in [2.45, 2.75) is 52.7 Å². The van der Waals surface area contributed by atoms with Gasteiger partial charge in [0.05, 0.1) is 12.1 Å². The Bertz CT molecular complexity index is 1360. The van der Waals surface area contributed by atoms with E-state index in [1.54, 1.807) is 6.07 Å². The molecule has 0 heterocycles. The summed E-state index contributed by atoms with van der Waals surface area (Å²) in [6.07, 6.45) is -0.733. The molecule has 4 N–H and O–H groups in total. The smallest absolute Gasteiger partial charge is 0.147 e. The lowest BCUT2D eigenvalue weighted by Crippen LogP contribution is -2.41. The largest absolute Gasteiger partial charge is 0.508 e. The number of hydrogen-bond donors (Lipinski definition) is 4. The van der Waals surface area contributed by atoms with Gasteiger partial charge in [0.15, 0.2) is 0 Å². The number of carbonyl (C=O) groups is 1. The fraction of sp³-hybridized carbons (Fsp3) is 0.265. The number of Topliss-reactive ketones (excluding diaryl/α,β-unsaturated/α-hetero) is 1. The Morgan fingerprint density at radius 3 is 1.95 bits per heavy atom. The predicted molar refractivity (Wildman–Crippen MR) is 158 cm³/mol. The fourth-order valence-electron chi connectivity index (χ4n) is 4.48. The molecular formula is C34H39NO4. The van der Waals surface area contributed by atoms with Crippen molar-refractivity contribution in [3.63, 3.8) is 0 Å². The van der Waals surface area contributed by atoms with Gasteiger partial charge in [0.25, 0.3) is 0 Å². The number of aliphatic hydroxyl groups excluding tert-OH is 1. The number of rotatable bonds is 8. The molecule has 5 heteroatoms. The second kappa shape index (κ2) is 13.7. The zero-order valence-corrected chi connectivity index (χ0v) is 23.3. The van der Waals surface area contributed by atoms with E-state index in [1.807, 2.05) is 38.1 Å². The van der Waals surface area contributed by atoms with Crippen molar-refractivity contribution >= 4 is 5.78 Å². The molecule has 0 bridgehead atoms. The molecule has 0 spiro atoms. The summed E-state index contributed by atoms with van der Waals surface area (Å²) in [6, 6.07) is 28.6. The Labute approximate surface area is 231 Å². The van der Waals surface area contributed by atoms with Gasteiger partial charge >= 0.3 is 0 Å². The Kier molecular flexibility index (Phi) is 10.4. The number of ketones is 1. The fourth-order valence-corrected chi connectivity index (χ4v) is 4.48. The van der Waals surface area contributed by atoms with Crippen LogP contribution in [-0.4, -0.2) is 33.7 Å². The number of nitrogens with one attached hydrogen (secondary N) is 1. The van der Waals surface area contributed by atoms with E-state index in [0.29, 0.717) is 5.56 Å². The number of aryl methyl sites for hydroxylation is 3. The SMILES string of the molecule is CC(=O)[C@H](NCC(O)c1ccc(C)cc1)C(C)c1ccc(O)cc1O.Cc1ccc(-c2cccc(C)c2)cc1. The lowest BCUT2D eigenvalue weighted by atomic mass is 9.90. The highest BCUT2D eigenvalue weighted by Gasteiger charge is 2.26. The van der Waals surface area contributed by atoms with E-state index in [1.165, 1.54) is 41.3 Å². The normalized spacial score (nSPS) is 13.1. The molecule has 5 nitrogen and oxygen atoms in total. The second-order valence-electron chi connectivity index (χ2n) is 10.2. The molecule has 204 valence electrons. The maximum Gasteiger partial charge on any atom is 0.147 e. The van der Waals surface area contributed by atoms with Crippen LogP contribution < -0.4 is 5.32 Å². The summed E-state index contributed by atoms with van der Waals surface area (Å²) in [6.45, 7) is 9.73. The van der Waals surface area contributed by atoms with Crippen LogP contribution in [0.5, 0.6) is 11.5 Å². The van der Waals surface area contributed by atoms with Crippen LogP contribution in [0.1, 0.15) is 53.7 Å². The number of hydrogen-bond acceptors (Lipinski definition) is 5. The third-order valence-corrected chi connectivity index (χ3v) is 6.84. The standard InChI is InChI=1S/C20H25NO4.C14H14/c1-12-4-6-15(7-5-12)19(25)11-21-20(14(3)22)13(2)17-9-8-16(23)10-18(17)24;1-11-6-8-13(9-7-11)14-5-3-4-12(2)10-14/h4-10,13,19-21,23-25H,11H2,1-3H3;3-10H,1-2H3/t13?,19?,20-;/m1./s1. The monoisotopic (exact) mass is 525 g/mol. The lowest BCUT2D eigenvalue weighted by Gasteiger charge is -2.25. The minimum Gasteiger partial charge on any atom is -0.508 e. The van der Waals surface area contributed by atoms with Gasteiger partial charge in [-0.15, -0.1) is 0 Å². The number of benzene rings is 4. The summed E-state index contributed by atoms with van der Waals surface area (Å²) < 4.78 is 0. The van der Waals surface area contributed by atoms with Crippen LogP contribution in [0.2, 0.25) is 0 Å². The Hall–Kier alpha value is -3.93. The van der Waals surface area contributed by atoms with E-state index in [0.717, 1.165) is 11.1 Å². The lowest BCUT2D eigenvalue weighted by molar-refractivity contribution is -0.119. The van der Waals surface area contributed by atoms with Crippen molar-refractivity contribution in [3.8, 4) is 22.6 Å². The third-order valence-electron chi connectivity index (χ3n) is 6.84. The molecule has 0 aliphatic rings. The average molecular weight is 526 g/mol. The van der Waals surface area contributed by atoms with Crippen molar-refractivity contribution in [2.75, 3.05) is 6.54 Å². The molecule has 0 radical (unpaired) electrons. The van der Waals surface area contributed by atoms with Gasteiger partial charge in [-0.3, -0.25) is 4.79 Å². The molecule has 0 fully saturated rings. The average Bonchev–Trinajstić information content (AvgIpc) is 2.89. The van der Waals surface area contributed by atoms with Crippen molar-refractivity contribution in [2.24, 2.45) is 0 Å². The van der Waals surface area contributed by atoms with E-state index in [4.69, 9.17) is 0 Å². The highest BCUT2D eigenvalue weighted by molar-refractivity contribution is 5.82. The Morgan fingerprint density at radius 2 is 1.38 bits per heavy atom. The van der Waals surface area contributed by atoms with Crippen molar-refractivity contribution in [3.05, 3.63) is 119 Å². The zero-order valence-electron chi connectivity index (χ0n) is 23.3. The summed E-state index contributed by atoms with van der Waals surface area (Å²) in [7, 11) is 0. The van der Waals surface area contributed by atoms with E-state index in [-0.39, 0.29) is 29.7 Å². The van der Waals surface area contributed by atoms with Crippen LogP contribution in [-0.2, 0) is 4.79 Å². The van der Waals surface area contributed by atoms with Crippen molar-refractivity contribution < 1.29 is 20.1 Å². The Morgan fingerprint density at radius 1 is 0.769 bits per heavy atom. The van der Waals surface area contributed by atoms with Gasteiger partial charge in [-0.1, -0.05) is 102 Å². The number of phenols is 2. The first kappa shape index (κ1) is 29.6. The molecule has 0 amide bonds. The molecule has 0 saturated carbocycles. The van der Waals surface area contributed by atoms with Gasteiger partial charge in [0.2, 0.25) is 0 Å². The number of aromatic hydroxyl groups is 2. The highest BCUT2D eigenvalue weighted by atomic mass is 16.3. The molecule has 3 atom stereocenters. The second-order valence-corrected chi connectivity index (χ2v) is 10.2. The van der Waals surface area contributed by atoms with Gasteiger partial charge in [-0.2, -0.15) is 0 Å². The summed E-state index contributed by atoms with van der Waals surface area (Å²) in [5, 5.41) is 32.9. The predicted octanol–water partition coefficient (Wildman–Crippen LogP) is 6.76. The first-order valence-electron chi connectivity index (χ1n) is 13.2. The highest BCUT2D eigenvalue weighted by Crippen LogP contribution is 2.31. The van der Waals surface area contributed by atoms with Crippen molar-refractivity contribution in [1.29, 1.82) is 0 Å². The van der Waals surface area contributed by atoms with Gasteiger partial charge in [0, 0.05) is 18.5 Å². The van der Waals surface area contributed by atoms with Crippen molar-refractivity contribution in [1.82, 2.24) is 5.32 Å². The number of carbonyl (C=O) groups excluding carboxylic acids is 1. The molecule has 4 aromatic carbocycles. The summed E-state index contributed by atoms with van der Waals surface area (Å²) in [5.41, 5.74) is 7.66. The molecule has 0 aliphatic heterocycles. The van der Waals surface area contributed by atoms with E-state index >= 15 is 0 Å². The maximum atomic E-state index is 12.1. The summed E-state index contributed by atoms with van der Waals surface area (Å²) >= 11 is 0. The minimum atomic E-state index is -0.733. The Balaban J connectivity index is 0.000000252. The molecule has 39 heavy (non-hydrogen) atoms. The topological polar surface area (TPSA) is 89.8 Å². The van der Waals surface area contributed by atoms with Gasteiger partial charge in [-0.25, -0.2) is 0 Å². The summed E-state index contributed by atoms with van der Waals surface area (Å²) in [4.78, 5) is 12.1. The molecule has 0 aromatic heterocycles. The van der Waals surface area contributed by atoms with E-state index in [9.17, 15) is 20.1 Å². The molecule has 4 rings (SSSR count). The molecule has 4 aromatic rings. The van der Waals surface area contributed by atoms with E-state index in [2.05, 4.69) is 67.7 Å². The number of aliphatic hydroxyl groups is 1. The maximum absolute atomic E-state index is 12.1. The number of phenolic OH excluding ortho intramolecular Hbond substituents is 2. The van der Waals surface area contributed by atoms with Crippen LogP contribution >= 0.6 is 0 Å². The first-order chi connectivity index (χ1) is 18.5. The zero-order chi connectivity index (χ0) is 28.5. The minimum absolute atomic E-state index is 0.0319. The van der Waals surface area contributed by atoms with E-state index < -0.39 is 12.1 Å². The summed E-state index contributed by atoms with van der Waals surface area (Å²) in [5.74, 6) is -0.491. The molecular weight excluding hydrogens is 486 g/mol. The van der Waals surface area contributed by atoms with Crippen LogP contribution in [0.25, 0.3) is 11.1 Å². The molecule has 0 aliphatic carbocycles. The van der Waals surface area contributed by atoms with Gasteiger partial charge in [-0.05, 0) is 56.0 Å². The van der Waals surface area contributed by atoms with Crippen LogP contribution in [0.4, 0.5) is 0 Å². The molecule has 2 unspecified atom stereocenters. The quantitative estimate of drug-likeness (QED) is 0.204. The van der Waals surface area contributed by atoms with Crippen LogP contribution in [0.15, 0.2) is 91.0 Å². The van der Waals surface area contributed by atoms with Gasteiger partial charge in [0.1, 0.15) is 17.3 Å². The molecule has 0 saturated heterocycles. The third kappa shape index (κ3) is 8.54. The van der Waals surface area contributed by atoms with Gasteiger partial charge < -0.3 is 20.6 Å². The first-order valence-corrected chi connectivity index (χ1v) is 13.2.